The van der Waals surface area contributed by atoms with Gasteiger partial charge < -0.3 is 24.6 Å². The Kier molecular flexibility index (Phi) is 10.6. The highest BCUT2D eigenvalue weighted by Crippen LogP contribution is 2.29. The average molecular weight is 529 g/mol. The van der Waals surface area contributed by atoms with Crippen molar-refractivity contribution in [3.8, 4) is 11.3 Å². The van der Waals surface area contributed by atoms with E-state index in [-0.39, 0.29) is 30.2 Å². The fourth-order valence-electron chi connectivity index (χ4n) is 3.56. The lowest BCUT2D eigenvalue weighted by molar-refractivity contribution is -0.137. The standard InChI is InChI=1S/C26H32N4O6S/c1-3-5-17-36-26(34)30-15-13-29(14-16-30)21(31)18-27-24(33)25-28-23(19-9-7-6-8-10-19)20(37-25)11-12-22(32)35-4-2/h6-12H,3-5,13-18H2,1-2H3,(H,27,33)/b12-11+. The predicted octanol–water partition coefficient (Wildman–Crippen LogP) is 3.20. The van der Waals surface area contributed by atoms with Gasteiger partial charge in [-0.1, -0.05) is 43.7 Å². The Balaban J connectivity index is 1.58. The highest BCUT2D eigenvalue weighted by atomic mass is 32.1. The minimum Gasteiger partial charge on any atom is -0.463 e. The maximum atomic E-state index is 12.8. The Morgan fingerprint density at radius 2 is 1.73 bits per heavy atom. The molecule has 11 heteroatoms. The maximum absolute atomic E-state index is 12.8. The van der Waals surface area contributed by atoms with E-state index in [1.807, 2.05) is 37.3 Å². The fraction of sp³-hybridized carbons (Fsp3) is 0.423. The van der Waals surface area contributed by atoms with E-state index >= 15 is 0 Å². The molecule has 0 radical (unpaired) electrons. The molecule has 3 amide bonds. The number of ether oxygens (including phenoxy) is 2. The van der Waals surface area contributed by atoms with E-state index in [1.54, 1.807) is 22.8 Å². The second kappa shape index (κ2) is 14.1. The van der Waals surface area contributed by atoms with Crippen molar-refractivity contribution in [3.05, 3.63) is 46.3 Å². The number of hydrogen-bond acceptors (Lipinski definition) is 8. The molecule has 1 aliphatic heterocycles. The molecule has 2 heterocycles. The molecule has 1 N–H and O–H groups in total. The first-order chi connectivity index (χ1) is 17.9. The van der Waals surface area contributed by atoms with Crippen molar-refractivity contribution in [2.24, 2.45) is 0 Å². The molecule has 0 saturated carbocycles. The Morgan fingerprint density at radius 1 is 1.03 bits per heavy atom. The summed E-state index contributed by atoms with van der Waals surface area (Å²) in [5.41, 5.74) is 1.35. The van der Waals surface area contributed by atoms with Crippen molar-refractivity contribution in [1.82, 2.24) is 20.1 Å². The second-order valence-corrected chi connectivity index (χ2v) is 9.23. The number of hydrogen-bond donors (Lipinski definition) is 1. The lowest BCUT2D eigenvalue weighted by atomic mass is 10.1. The van der Waals surface area contributed by atoms with Crippen LogP contribution in [0.1, 0.15) is 41.4 Å². The lowest BCUT2D eigenvalue weighted by Crippen LogP contribution is -2.52. The van der Waals surface area contributed by atoms with Gasteiger partial charge in [-0.2, -0.15) is 0 Å². The van der Waals surface area contributed by atoms with Crippen molar-refractivity contribution in [1.29, 1.82) is 0 Å². The first kappa shape index (κ1) is 27.9. The summed E-state index contributed by atoms with van der Waals surface area (Å²) < 4.78 is 10.2. The van der Waals surface area contributed by atoms with Crippen LogP contribution in [0.2, 0.25) is 0 Å². The molecule has 10 nitrogen and oxygen atoms in total. The van der Waals surface area contributed by atoms with Crippen LogP contribution in [0.15, 0.2) is 36.4 Å². The van der Waals surface area contributed by atoms with E-state index in [0.717, 1.165) is 29.7 Å². The van der Waals surface area contributed by atoms with E-state index < -0.39 is 11.9 Å². The summed E-state index contributed by atoms with van der Waals surface area (Å²) in [5, 5.41) is 2.81. The Hall–Kier alpha value is -3.73. The molecule has 37 heavy (non-hydrogen) atoms. The SMILES string of the molecule is CCCCOC(=O)N1CCN(C(=O)CNC(=O)c2nc(-c3ccccc3)c(/C=C/C(=O)OCC)s2)CC1. The highest BCUT2D eigenvalue weighted by Gasteiger charge is 2.25. The number of piperazine rings is 1. The van der Waals surface area contributed by atoms with Gasteiger partial charge in [0.1, 0.15) is 0 Å². The van der Waals surface area contributed by atoms with E-state index in [9.17, 15) is 19.2 Å². The van der Waals surface area contributed by atoms with E-state index in [2.05, 4.69) is 10.3 Å². The van der Waals surface area contributed by atoms with Crippen molar-refractivity contribution < 1.29 is 28.7 Å². The molecule has 3 rings (SSSR count). The van der Waals surface area contributed by atoms with Crippen LogP contribution in [0.3, 0.4) is 0 Å². The monoisotopic (exact) mass is 528 g/mol. The molecular weight excluding hydrogens is 496 g/mol. The Labute approximate surface area is 220 Å². The molecule has 0 atom stereocenters. The number of amides is 3. The quantitative estimate of drug-likeness (QED) is 0.286. The normalized spacial score (nSPS) is 13.5. The topological polar surface area (TPSA) is 118 Å². The Bertz CT molecular complexity index is 1110. The van der Waals surface area contributed by atoms with Crippen LogP contribution in [0.5, 0.6) is 0 Å². The van der Waals surface area contributed by atoms with Gasteiger partial charge in [0, 0.05) is 37.8 Å². The minimum atomic E-state index is -0.485. The summed E-state index contributed by atoms with van der Waals surface area (Å²) >= 11 is 1.12. The number of carbonyl (C=O) groups excluding carboxylic acids is 4. The summed E-state index contributed by atoms with van der Waals surface area (Å²) in [4.78, 5) is 57.6. The number of unbranched alkanes of at least 4 members (excludes halogenated alkanes) is 1. The molecule has 0 bridgehead atoms. The van der Waals surface area contributed by atoms with Crippen molar-refractivity contribution in [2.45, 2.75) is 26.7 Å². The van der Waals surface area contributed by atoms with Gasteiger partial charge in [0.05, 0.1) is 30.3 Å². The first-order valence-corrected chi connectivity index (χ1v) is 13.1. The van der Waals surface area contributed by atoms with Crippen LogP contribution < -0.4 is 5.32 Å². The van der Waals surface area contributed by atoms with Crippen LogP contribution >= 0.6 is 11.3 Å². The highest BCUT2D eigenvalue weighted by molar-refractivity contribution is 7.15. The summed E-state index contributed by atoms with van der Waals surface area (Å²) in [5.74, 6) is -1.21. The van der Waals surface area contributed by atoms with Crippen molar-refractivity contribution >= 4 is 41.3 Å². The molecule has 1 saturated heterocycles. The van der Waals surface area contributed by atoms with Gasteiger partial charge in [-0.05, 0) is 19.4 Å². The molecule has 0 aliphatic carbocycles. The maximum Gasteiger partial charge on any atom is 0.409 e. The number of nitrogens with one attached hydrogen (secondary N) is 1. The summed E-state index contributed by atoms with van der Waals surface area (Å²) in [6, 6.07) is 9.31. The van der Waals surface area contributed by atoms with Crippen LogP contribution in [0, 0.1) is 0 Å². The third-order valence-electron chi connectivity index (χ3n) is 5.57. The number of thiazole rings is 1. The predicted molar refractivity (Wildman–Crippen MR) is 140 cm³/mol. The van der Waals surface area contributed by atoms with Gasteiger partial charge in [0.2, 0.25) is 5.91 Å². The first-order valence-electron chi connectivity index (χ1n) is 12.3. The van der Waals surface area contributed by atoms with Crippen molar-refractivity contribution in [2.75, 3.05) is 45.9 Å². The van der Waals surface area contributed by atoms with Gasteiger partial charge in [-0.15, -0.1) is 11.3 Å². The van der Waals surface area contributed by atoms with E-state index in [4.69, 9.17) is 9.47 Å². The van der Waals surface area contributed by atoms with Gasteiger partial charge in [0.15, 0.2) is 5.01 Å². The third-order valence-corrected chi connectivity index (χ3v) is 6.59. The second-order valence-electron chi connectivity index (χ2n) is 8.20. The summed E-state index contributed by atoms with van der Waals surface area (Å²) in [7, 11) is 0. The van der Waals surface area contributed by atoms with Gasteiger partial charge in [-0.25, -0.2) is 14.6 Å². The van der Waals surface area contributed by atoms with Gasteiger partial charge in [-0.3, -0.25) is 9.59 Å². The molecular formula is C26H32N4O6S. The summed E-state index contributed by atoms with van der Waals surface area (Å²) in [6.07, 6.45) is 4.28. The average Bonchev–Trinajstić information content (AvgIpc) is 3.35. The zero-order valence-electron chi connectivity index (χ0n) is 21.1. The molecule has 198 valence electrons. The summed E-state index contributed by atoms with van der Waals surface area (Å²) in [6.45, 7) is 5.72. The molecule has 1 aliphatic rings. The third kappa shape index (κ3) is 8.14. The zero-order valence-corrected chi connectivity index (χ0v) is 21.9. The van der Waals surface area contributed by atoms with Gasteiger partial charge >= 0.3 is 12.1 Å². The number of aromatic nitrogens is 1. The largest absolute Gasteiger partial charge is 0.463 e. The van der Waals surface area contributed by atoms with Crippen LogP contribution in [0.4, 0.5) is 4.79 Å². The minimum absolute atomic E-state index is 0.176. The number of esters is 1. The number of benzene rings is 1. The van der Waals surface area contributed by atoms with Gasteiger partial charge in [0.25, 0.3) is 5.91 Å². The molecule has 2 aromatic rings. The molecule has 0 spiro atoms. The smallest absolute Gasteiger partial charge is 0.409 e. The van der Waals surface area contributed by atoms with Crippen LogP contribution in [-0.2, 0) is 19.1 Å². The number of rotatable bonds is 10. The zero-order chi connectivity index (χ0) is 26.6. The fourth-order valence-corrected chi connectivity index (χ4v) is 4.46. The van der Waals surface area contributed by atoms with E-state index in [1.165, 1.54) is 6.08 Å². The van der Waals surface area contributed by atoms with Crippen molar-refractivity contribution in [3.63, 3.8) is 0 Å². The lowest BCUT2D eigenvalue weighted by Gasteiger charge is -2.34. The number of carbonyl (C=O) groups is 4. The Morgan fingerprint density at radius 3 is 2.41 bits per heavy atom. The van der Waals surface area contributed by atoms with Crippen LogP contribution in [0.25, 0.3) is 17.3 Å². The molecule has 1 aromatic heterocycles. The molecule has 0 unspecified atom stereocenters. The van der Waals surface area contributed by atoms with Crippen LogP contribution in [-0.4, -0.2) is 84.6 Å². The molecule has 1 aromatic carbocycles. The molecule has 1 fully saturated rings. The number of nitrogens with zero attached hydrogens (tertiary/aromatic N) is 3. The van der Waals surface area contributed by atoms with E-state index in [0.29, 0.717) is 43.4 Å².